The number of hydrogen-bond donors (Lipinski definition) is 1. The van der Waals surface area contributed by atoms with Gasteiger partial charge < -0.3 is 0 Å². The summed E-state index contributed by atoms with van der Waals surface area (Å²) in [5.41, 5.74) is 1.80. The van der Waals surface area contributed by atoms with Gasteiger partial charge in [-0.25, -0.2) is 8.42 Å². The van der Waals surface area contributed by atoms with E-state index in [4.69, 9.17) is 11.6 Å². The highest BCUT2D eigenvalue weighted by Gasteiger charge is 2.14. The number of benzene rings is 1. The normalized spacial score (nSPS) is 12.5. The van der Waals surface area contributed by atoms with Gasteiger partial charge in [0, 0.05) is 11.6 Å². The van der Waals surface area contributed by atoms with Crippen LogP contribution in [0.3, 0.4) is 0 Å². The molecule has 0 aliphatic heterocycles. The fourth-order valence-corrected chi connectivity index (χ4v) is 2.78. The molecule has 0 radical (unpaired) electrons. The number of anilines is 1. The van der Waals surface area contributed by atoms with E-state index in [0.29, 0.717) is 5.69 Å². The quantitative estimate of drug-likeness (QED) is 0.859. The van der Waals surface area contributed by atoms with Crippen LogP contribution in [0.4, 0.5) is 5.69 Å². The molecular formula is C12H18ClNO2S. The molecule has 0 unspecified atom stereocenters. The Labute approximate surface area is 108 Å². The van der Waals surface area contributed by atoms with Gasteiger partial charge in [-0.15, -0.1) is 11.6 Å². The highest BCUT2D eigenvalue weighted by molar-refractivity contribution is 7.92. The molecule has 5 heteroatoms. The minimum absolute atomic E-state index is 0.0630. The third-order valence-corrected chi connectivity index (χ3v) is 4.07. The van der Waals surface area contributed by atoms with E-state index >= 15 is 0 Å². The largest absolute Gasteiger partial charge is 0.284 e. The van der Waals surface area contributed by atoms with Crippen molar-refractivity contribution in [1.29, 1.82) is 0 Å². The van der Waals surface area contributed by atoms with Gasteiger partial charge in [0.05, 0.1) is 5.75 Å². The van der Waals surface area contributed by atoms with Crippen LogP contribution >= 0.6 is 11.6 Å². The molecule has 0 bridgehead atoms. The summed E-state index contributed by atoms with van der Waals surface area (Å²) in [6.45, 7) is 6.33. The van der Waals surface area contributed by atoms with Gasteiger partial charge in [-0.05, 0) is 23.1 Å². The van der Waals surface area contributed by atoms with Gasteiger partial charge in [0.15, 0.2) is 0 Å². The van der Waals surface area contributed by atoms with E-state index in [1.807, 2.05) is 12.1 Å². The molecule has 3 nitrogen and oxygen atoms in total. The number of alkyl halides is 1. The maximum Gasteiger partial charge on any atom is 0.233 e. The lowest BCUT2D eigenvalue weighted by Gasteiger charge is -2.19. The lowest BCUT2D eigenvalue weighted by Crippen LogP contribution is -2.17. The van der Waals surface area contributed by atoms with Crippen LogP contribution in [0, 0.1) is 0 Å². The van der Waals surface area contributed by atoms with Crippen molar-refractivity contribution < 1.29 is 8.42 Å². The van der Waals surface area contributed by atoms with Crippen LogP contribution < -0.4 is 4.72 Å². The van der Waals surface area contributed by atoms with Gasteiger partial charge in [-0.1, -0.05) is 32.9 Å². The van der Waals surface area contributed by atoms with Crippen molar-refractivity contribution in [1.82, 2.24) is 0 Å². The topological polar surface area (TPSA) is 46.2 Å². The number of sulfonamides is 1. The first-order valence-electron chi connectivity index (χ1n) is 5.41. The van der Waals surface area contributed by atoms with E-state index < -0.39 is 10.0 Å². The fraction of sp³-hybridized carbons (Fsp3) is 0.500. The molecule has 0 aromatic heterocycles. The molecule has 96 valence electrons. The smallest absolute Gasteiger partial charge is 0.233 e. The van der Waals surface area contributed by atoms with Crippen LogP contribution in [0.2, 0.25) is 0 Å². The van der Waals surface area contributed by atoms with Gasteiger partial charge in [-0.2, -0.15) is 0 Å². The van der Waals surface area contributed by atoms with Gasteiger partial charge >= 0.3 is 0 Å². The fourth-order valence-electron chi connectivity index (χ4n) is 1.37. The van der Waals surface area contributed by atoms with E-state index in [9.17, 15) is 8.42 Å². The number of nitrogens with one attached hydrogen (secondary N) is 1. The van der Waals surface area contributed by atoms with E-state index in [2.05, 4.69) is 25.5 Å². The van der Waals surface area contributed by atoms with E-state index in [0.717, 1.165) is 5.56 Å². The molecule has 0 saturated heterocycles. The average molecular weight is 276 g/mol. The third-order valence-electron chi connectivity index (χ3n) is 2.37. The molecule has 0 fully saturated rings. The van der Waals surface area contributed by atoms with E-state index in [1.165, 1.54) is 0 Å². The van der Waals surface area contributed by atoms with Crippen molar-refractivity contribution in [3.8, 4) is 0 Å². The zero-order chi connectivity index (χ0) is 13.1. The Balaban J connectivity index is 2.83. The summed E-state index contributed by atoms with van der Waals surface area (Å²) in [5, 5.41) is 0. The molecule has 1 aromatic carbocycles. The van der Waals surface area contributed by atoms with Crippen LogP contribution in [0.1, 0.15) is 26.3 Å². The minimum atomic E-state index is -3.31. The summed E-state index contributed by atoms with van der Waals surface area (Å²) in [7, 11) is -3.31. The second-order valence-electron chi connectivity index (χ2n) is 4.94. The Morgan fingerprint density at radius 3 is 2.12 bits per heavy atom. The Bertz CT molecular complexity index is 460. The highest BCUT2D eigenvalue weighted by atomic mass is 35.5. The van der Waals surface area contributed by atoms with Crippen molar-refractivity contribution in [2.45, 2.75) is 26.2 Å². The van der Waals surface area contributed by atoms with Crippen molar-refractivity contribution in [3.63, 3.8) is 0 Å². The van der Waals surface area contributed by atoms with Crippen LogP contribution in [-0.2, 0) is 15.4 Å². The zero-order valence-electron chi connectivity index (χ0n) is 10.3. The first kappa shape index (κ1) is 14.3. The standard InChI is InChI=1S/C12H18ClNO2S/c1-12(2,3)10-4-6-11(7-5-10)14-17(15,16)9-8-13/h4-7,14H,8-9H2,1-3H3. The minimum Gasteiger partial charge on any atom is -0.284 e. The molecule has 0 spiro atoms. The van der Waals surface area contributed by atoms with Gasteiger partial charge in [0.2, 0.25) is 10.0 Å². The monoisotopic (exact) mass is 275 g/mol. The lowest BCUT2D eigenvalue weighted by molar-refractivity contribution is 0.590. The SMILES string of the molecule is CC(C)(C)c1ccc(NS(=O)(=O)CCCl)cc1. The second kappa shape index (κ2) is 5.27. The molecule has 1 aromatic rings. The summed E-state index contributed by atoms with van der Waals surface area (Å²) in [5.74, 6) is 0.0188. The van der Waals surface area contributed by atoms with E-state index in [-0.39, 0.29) is 17.0 Å². The summed E-state index contributed by atoms with van der Waals surface area (Å²) in [6, 6.07) is 7.40. The van der Waals surface area contributed by atoms with Gasteiger partial charge in [-0.3, -0.25) is 4.72 Å². The van der Waals surface area contributed by atoms with Crippen molar-refractivity contribution in [3.05, 3.63) is 29.8 Å². The summed E-state index contributed by atoms with van der Waals surface area (Å²) >= 11 is 5.42. The molecule has 17 heavy (non-hydrogen) atoms. The summed E-state index contributed by atoms with van der Waals surface area (Å²) in [4.78, 5) is 0. The predicted molar refractivity (Wildman–Crippen MR) is 73.3 cm³/mol. The highest BCUT2D eigenvalue weighted by Crippen LogP contribution is 2.23. The molecular weight excluding hydrogens is 258 g/mol. The molecule has 1 rings (SSSR count). The van der Waals surface area contributed by atoms with Crippen LogP contribution in [-0.4, -0.2) is 20.1 Å². The molecule has 0 amide bonds. The second-order valence-corrected chi connectivity index (χ2v) is 7.16. The summed E-state index contributed by atoms with van der Waals surface area (Å²) < 4.78 is 25.5. The third kappa shape index (κ3) is 4.56. The van der Waals surface area contributed by atoms with Crippen LogP contribution in [0.5, 0.6) is 0 Å². The molecule has 0 aliphatic carbocycles. The first-order chi connectivity index (χ1) is 7.74. The van der Waals surface area contributed by atoms with Crippen LogP contribution in [0.15, 0.2) is 24.3 Å². The van der Waals surface area contributed by atoms with Crippen molar-refractivity contribution in [2.24, 2.45) is 0 Å². The number of rotatable bonds is 4. The number of halogens is 1. The Hall–Kier alpha value is -0.740. The molecule has 0 aliphatic rings. The molecule has 1 N–H and O–H groups in total. The molecule has 0 heterocycles. The lowest BCUT2D eigenvalue weighted by atomic mass is 9.87. The maximum atomic E-state index is 11.5. The Morgan fingerprint density at radius 1 is 1.18 bits per heavy atom. The molecule has 0 saturated carbocycles. The molecule has 0 atom stereocenters. The average Bonchev–Trinajstić information content (AvgIpc) is 2.16. The number of hydrogen-bond acceptors (Lipinski definition) is 2. The van der Waals surface area contributed by atoms with E-state index in [1.54, 1.807) is 12.1 Å². The maximum absolute atomic E-state index is 11.5. The van der Waals surface area contributed by atoms with Crippen molar-refractivity contribution >= 4 is 27.3 Å². The zero-order valence-corrected chi connectivity index (χ0v) is 11.9. The van der Waals surface area contributed by atoms with Crippen LogP contribution in [0.25, 0.3) is 0 Å². The first-order valence-corrected chi connectivity index (χ1v) is 7.60. The summed E-state index contributed by atoms with van der Waals surface area (Å²) in [6.07, 6.45) is 0. The predicted octanol–water partition coefficient (Wildman–Crippen LogP) is 2.96. The Morgan fingerprint density at radius 2 is 1.71 bits per heavy atom. The van der Waals surface area contributed by atoms with Gasteiger partial charge in [0.25, 0.3) is 0 Å². The van der Waals surface area contributed by atoms with Crippen molar-refractivity contribution in [2.75, 3.05) is 16.4 Å². The van der Waals surface area contributed by atoms with Gasteiger partial charge in [0.1, 0.15) is 0 Å². The Kier molecular flexibility index (Phi) is 4.44.